The zero-order valence-electron chi connectivity index (χ0n) is 7.46. The molecule has 2 unspecified atom stereocenters. The summed E-state index contributed by atoms with van der Waals surface area (Å²) in [4.78, 5) is 0. The number of hydrogen-bond donors (Lipinski definition) is 2. The largest absolute Gasteiger partial charge is 0.381 e. The highest BCUT2D eigenvalue weighted by Gasteiger charge is 2.32. The van der Waals surface area contributed by atoms with Crippen LogP contribution in [0.2, 0.25) is 0 Å². The van der Waals surface area contributed by atoms with Crippen molar-refractivity contribution in [3.63, 3.8) is 0 Å². The van der Waals surface area contributed by atoms with Gasteiger partial charge in [-0.2, -0.15) is 0 Å². The Kier molecular flexibility index (Phi) is 2.63. The summed E-state index contributed by atoms with van der Waals surface area (Å²) >= 11 is 0. The fourth-order valence-electron chi connectivity index (χ4n) is 2.02. The van der Waals surface area contributed by atoms with Crippen LogP contribution >= 0.6 is 0 Å². The molecule has 70 valence electrons. The molecule has 2 atom stereocenters. The van der Waals surface area contributed by atoms with Gasteiger partial charge in [0.1, 0.15) is 0 Å². The first-order valence-electron chi connectivity index (χ1n) is 4.94. The Bertz CT molecular complexity index is 141. The molecule has 2 fully saturated rings. The summed E-state index contributed by atoms with van der Waals surface area (Å²) in [5, 5.41) is 0. The molecule has 0 aromatic heterocycles. The normalized spacial score (nSPS) is 32.2. The van der Waals surface area contributed by atoms with E-state index in [4.69, 9.17) is 10.6 Å². The molecule has 1 saturated carbocycles. The van der Waals surface area contributed by atoms with Crippen molar-refractivity contribution in [3.8, 4) is 0 Å². The lowest BCUT2D eigenvalue weighted by Gasteiger charge is -2.17. The van der Waals surface area contributed by atoms with E-state index in [1.54, 1.807) is 0 Å². The van der Waals surface area contributed by atoms with Crippen LogP contribution in [-0.2, 0) is 4.74 Å². The Labute approximate surface area is 73.6 Å². The van der Waals surface area contributed by atoms with E-state index in [0.29, 0.717) is 6.04 Å². The molecule has 1 aliphatic carbocycles. The Morgan fingerprint density at radius 2 is 2.25 bits per heavy atom. The van der Waals surface area contributed by atoms with Crippen LogP contribution in [0.3, 0.4) is 0 Å². The third-order valence-electron chi connectivity index (χ3n) is 3.02. The van der Waals surface area contributed by atoms with Crippen LogP contribution in [0.15, 0.2) is 0 Å². The van der Waals surface area contributed by atoms with E-state index in [2.05, 4.69) is 5.43 Å². The summed E-state index contributed by atoms with van der Waals surface area (Å²) in [6, 6.07) is 0.552. The second kappa shape index (κ2) is 3.73. The summed E-state index contributed by atoms with van der Waals surface area (Å²) in [5.74, 6) is 7.11. The van der Waals surface area contributed by atoms with Crippen molar-refractivity contribution >= 4 is 0 Å². The van der Waals surface area contributed by atoms with E-state index in [1.165, 1.54) is 25.7 Å². The Hall–Kier alpha value is -0.120. The first kappa shape index (κ1) is 8.48. The maximum absolute atomic E-state index is 5.50. The number of rotatable bonds is 4. The molecule has 0 amide bonds. The molecular weight excluding hydrogens is 152 g/mol. The minimum Gasteiger partial charge on any atom is -0.381 e. The van der Waals surface area contributed by atoms with Gasteiger partial charge in [-0.1, -0.05) is 0 Å². The lowest BCUT2D eigenvalue weighted by Crippen LogP contribution is -2.38. The standard InChI is InChI=1S/C9H18N2O/c10-11-9(8-1-2-8)5-7-3-4-12-6-7/h7-9,11H,1-6,10H2. The van der Waals surface area contributed by atoms with Crippen molar-refractivity contribution in [2.45, 2.75) is 31.7 Å². The van der Waals surface area contributed by atoms with Gasteiger partial charge in [-0.25, -0.2) is 0 Å². The molecule has 1 heterocycles. The summed E-state index contributed by atoms with van der Waals surface area (Å²) in [7, 11) is 0. The molecule has 1 saturated heterocycles. The number of ether oxygens (including phenoxy) is 1. The van der Waals surface area contributed by atoms with Gasteiger partial charge in [0.25, 0.3) is 0 Å². The number of hydrogen-bond acceptors (Lipinski definition) is 3. The summed E-state index contributed by atoms with van der Waals surface area (Å²) in [5.41, 5.74) is 2.94. The molecule has 0 aromatic carbocycles. The molecule has 3 heteroatoms. The van der Waals surface area contributed by atoms with Crippen molar-refractivity contribution < 1.29 is 4.74 Å². The second-order valence-corrected chi connectivity index (χ2v) is 4.08. The fourth-order valence-corrected chi connectivity index (χ4v) is 2.02. The maximum Gasteiger partial charge on any atom is 0.0495 e. The van der Waals surface area contributed by atoms with Crippen LogP contribution in [0.4, 0.5) is 0 Å². The molecule has 3 nitrogen and oxygen atoms in total. The first-order valence-corrected chi connectivity index (χ1v) is 4.94. The SMILES string of the molecule is NNC(CC1CCOC1)C1CC1. The third-order valence-corrected chi connectivity index (χ3v) is 3.02. The van der Waals surface area contributed by atoms with Crippen LogP contribution in [0.25, 0.3) is 0 Å². The number of hydrazine groups is 1. The summed E-state index contributed by atoms with van der Waals surface area (Å²) in [6.45, 7) is 1.90. The molecule has 0 aromatic rings. The van der Waals surface area contributed by atoms with Crippen LogP contribution < -0.4 is 11.3 Å². The third kappa shape index (κ3) is 1.97. The van der Waals surface area contributed by atoms with Gasteiger partial charge in [0, 0.05) is 19.3 Å². The predicted octanol–water partition coefficient (Wildman–Crippen LogP) is 0.655. The van der Waals surface area contributed by atoms with Crippen molar-refractivity contribution in [1.29, 1.82) is 0 Å². The Balaban J connectivity index is 1.74. The zero-order chi connectivity index (χ0) is 8.39. The maximum atomic E-state index is 5.50. The number of nitrogens with one attached hydrogen (secondary N) is 1. The van der Waals surface area contributed by atoms with E-state index in [1.807, 2.05) is 0 Å². The summed E-state index contributed by atoms with van der Waals surface area (Å²) < 4.78 is 5.33. The highest BCUT2D eigenvalue weighted by Crippen LogP contribution is 2.35. The van der Waals surface area contributed by atoms with Crippen LogP contribution in [0.5, 0.6) is 0 Å². The van der Waals surface area contributed by atoms with Gasteiger partial charge in [-0.05, 0) is 37.5 Å². The molecule has 0 radical (unpaired) electrons. The van der Waals surface area contributed by atoms with Crippen LogP contribution in [0.1, 0.15) is 25.7 Å². The Morgan fingerprint density at radius 3 is 2.75 bits per heavy atom. The van der Waals surface area contributed by atoms with E-state index < -0.39 is 0 Å². The van der Waals surface area contributed by atoms with Gasteiger partial charge in [0.05, 0.1) is 0 Å². The van der Waals surface area contributed by atoms with Gasteiger partial charge in [-0.15, -0.1) is 0 Å². The van der Waals surface area contributed by atoms with Crippen molar-refractivity contribution in [2.75, 3.05) is 13.2 Å². The average Bonchev–Trinajstić information content (AvgIpc) is 2.80. The lowest BCUT2D eigenvalue weighted by atomic mass is 9.97. The zero-order valence-corrected chi connectivity index (χ0v) is 7.46. The molecular formula is C9H18N2O. The van der Waals surface area contributed by atoms with Gasteiger partial charge in [0.2, 0.25) is 0 Å². The van der Waals surface area contributed by atoms with Crippen molar-refractivity contribution in [2.24, 2.45) is 17.7 Å². The van der Waals surface area contributed by atoms with Crippen LogP contribution in [0, 0.1) is 11.8 Å². The number of nitrogens with two attached hydrogens (primary N) is 1. The van der Waals surface area contributed by atoms with Gasteiger partial charge in [0.15, 0.2) is 0 Å². The van der Waals surface area contributed by atoms with Gasteiger partial charge in [-0.3, -0.25) is 11.3 Å². The Morgan fingerprint density at radius 1 is 1.42 bits per heavy atom. The average molecular weight is 170 g/mol. The van der Waals surface area contributed by atoms with E-state index >= 15 is 0 Å². The lowest BCUT2D eigenvalue weighted by molar-refractivity contribution is 0.180. The molecule has 0 bridgehead atoms. The molecule has 2 aliphatic rings. The smallest absolute Gasteiger partial charge is 0.0495 e. The topological polar surface area (TPSA) is 47.3 Å². The predicted molar refractivity (Wildman–Crippen MR) is 47.4 cm³/mol. The molecule has 2 rings (SSSR count). The van der Waals surface area contributed by atoms with Gasteiger partial charge < -0.3 is 4.74 Å². The first-order chi connectivity index (χ1) is 5.90. The van der Waals surface area contributed by atoms with Gasteiger partial charge >= 0.3 is 0 Å². The quantitative estimate of drug-likeness (QED) is 0.481. The highest BCUT2D eigenvalue weighted by atomic mass is 16.5. The second-order valence-electron chi connectivity index (χ2n) is 4.08. The highest BCUT2D eigenvalue weighted by molar-refractivity contribution is 4.87. The van der Waals surface area contributed by atoms with E-state index in [9.17, 15) is 0 Å². The van der Waals surface area contributed by atoms with Crippen molar-refractivity contribution in [1.82, 2.24) is 5.43 Å². The van der Waals surface area contributed by atoms with E-state index in [-0.39, 0.29) is 0 Å². The summed E-state index contributed by atoms with van der Waals surface area (Å²) in [6.07, 6.45) is 5.16. The molecule has 0 spiro atoms. The van der Waals surface area contributed by atoms with Crippen molar-refractivity contribution in [3.05, 3.63) is 0 Å². The fraction of sp³-hybridized carbons (Fsp3) is 1.00. The minimum atomic E-state index is 0.552. The van der Waals surface area contributed by atoms with Crippen LogP contribution in [-0.4, -0.2) is 19.3 Å². The molecule has 3 N–H and O–H groups in total. The van der Waals surface area contributed by atoms with E-state index in [0.717, 1.165) is 25.0 Å². The monoisotopic (exact) mass is 170 g/mol. The molecule has 1 aliphatic heterocycles. The minimum absolute atomic E-state index is 0.552. The molecule has 12 heavy (non-hydrogen) atoms.